The molecule has 0 aromatic rings. The van der Waals surface area contributed by atoms with Gasteiger partial charge in [-0.1, -0.05) is 0 Å². The number of rotatable bonds is 0. The van der Waals surface area contributed by atoms with Crippen molar-refractivity contribution in [1.82, 2.24) is 0 Å². The third kappa shape index (κ3) is 9.23. The molecule has 0 N–H and O–H groups in total. The molecule has 16 valence electrons. The second-order valence-electron chi connectivity index (χ2n) is 0. The molecule has 4 heavy (non-hydrogen) atoms. The average Bonchev–Trinajstić information content (AvgIpc) is 0. The summed E-state index contributed by atoms with van der Waals surface area (Å²) < 4.78 is 0. The van der Waals surface area contributed by atoms with Crippen LogP contribution >= 0.6 is 13.5 Å². The molecule has 0 atom stereocenters. The largest absolute Gasteiger partial charge is 2.00 e. The first-order valence-electron chi connectivity index (χ1n) is 0. The summed E-state index contributed by atoms with van der Waals surface area (Å²) in [6.45, 7) is 0. The fraction of sp³-hybridized carbons (Fsp3) is 0. The van der Waals surface area contributed by atoms with Crippen LogP contribution in [0, 0.1) is 0 Å². The van der Waals surface area contributed by atoms with E-state index in [1.165, 1.54) is 0 Å². The Morgan fingerprint density at radius 1 is 1.25 bits per heavy atom. The van der Waals surface area contributed by atoms with Crippen LogP contribution in [0.15, 0.2) is 0 Å². The SMILES string of the molecule is S.[H-].[H-].[H-].[H-].[K+].[Mg+2].[Na+]. The van der Waals surface area contributed by atoms with Crippen LogP contribution in [0.5, 0.6) is 0 Å². The molecule has 0 nitrogen and oxygen atoms in total. The molecule has 0 fully saturated rings. The molecule has 0 rings (SSSR count). The quantitative estimate of drug-likeness (QED) is 0.282. The molecule has 0 bridgehead atoms. The summed E-state index contributed by atoms with van der Waals surface area (Å²) in [6, 6.07) is 0. The number of hydrogen-bond donors (Lipinski definition) is 0. The Balaban J connectivity index is 0. The summed E-state index contributed by atoms with van der Waals surface area (Å²) in [6.07, 6.45) is 0. The third-order valence-electron chi connectivity index (χ3n) is 0. The molecule has 0 aliphatic carbocycles. The minimum absolute atomic E-state index is 0. The van der Waals surface area contributed by atoms with E-state index in [0.29, 0.717) is 0 Å². The van der Waals surface area contributed by atoms with Gasteiger partial charge in [0.15, 0.2) is 0 Å². The minimum atomic E-state index is 0. The number of hydrogen-bond acceptors (Lipinski definition) is 0. The average molecular weight is 125 g/mol. The van der Waals surface area contributed by atoms with Gasteiger partial charge in [0.2, 0.25) is 0 Å². The van der Waals surface area contributed by atoms with E-state index in [0.717, 1.165) is 0 Å². The van der Waals surface area contributed by atoms with Gasteiger partial charge in [-0.05, 0) is 0 Å². The van der Waals surface area contributed by atoms with Crippen molar-refractivity contribution in [3.05, 3.63) is 0 Å². The zero-order valence-electron chi connectivity index (χ0n) is 7.21. The van der Waals surface area contributed by atoms with Crippen molar-refractivity contribution in [2.45, 2.75) is 0 Å². The van der Waals surface area contributed by atoms with Crippen molar-refractivity contribution in [1.29, 1.82) is 0 Å². The second kappa shape index (κ2) is 15.9. The molecule has 0 spiro atoms. The molecule has 0 saturated carbocycles. The van der Waals surface area contributed by atoms with Crippen molar-refractivity contribution in [2.24, 2.45) is 0 Å². The van der Waals surface area contributed by atoms with Gasteiger partial charge in [0.1, 0.15) is 0 Å². The van der Waals surface area contributed by atoms with Crippen LogP contribution in [-0.2, 0) is 0 Å². The molecule has 0 aromatic heterocycles. The van der Waals surface area contributed by atoms with Gasteiger partial charge in [0, 0.05) is 0 Å². The normalized spacial score (nSPS) is 0. The second-order valence-corrected chi connectivity index (χ2v) is 0. The molecule has 4 heteroatoms. The minimum Gasteiger partial charge on any atom is -1.00 e. The first-order valence-corrected chi connectivity index (χ1v) is 0. The van der Waals surface area contributed by atoms with Crippen molar-refractivity contribution in [3.8, 4) is 0 Å². The molecule has 0 saturated heterocycles. The Kier molecular flexibility index (Phi) is 99.6. The van der Waals surface area contributed by atoms with E-state index in [1.54, 1.807) is 0 Å². The van der Waals surface area contributed by atoms with Crippen LogP contribution in [-0.4, -0.2) is 23.1 Å². The maximum absolute atomic E-state index is 0. The maximum atomic E-state index is 0. The Bertz CT molecular complexity index is 16.0. The first-order chi connectivity index (χ1) is 0. The van der Waals surface area contributed by atoms with Crippen LogP contribution in [0.4, 0.5) is 0 Å². The van der Waals surface area contributed by atoms with Crippen LogP contribution < -0.4 is 80.9 Å². The van der Waals surface area contributed by atoms with E-state index in [4.69, 9.17) is 0 Å². The third-order valence-corrected chi connectivity index (χ3v) is 0. The summed E-state index contributed by atoms with van der Waals surface area (Å²) in [4.78, 5) is 0. The van der Waals surface area contributed by atoms with Crippen LogP contribution in [0.3, 0.4) is 0 Å². The van der Waals surface area contributed by atoms with E-state index < -0.39 is 0 Å². The molecule has 0 unspecified atom stereocenters. The fourth-order valence-electron chi connectivity index (χ4n) is 0. The Morgan fingerprint density at radius 3 is 1.25 bits per heavy atom. The van der Waals surface area contributed by atoms with E-state index in [1.807, 2.05) is 0 Å². The summed E-state index contributed by atoms with van der Waals surface area (Å²) in [7, 11) is 0. The summed E-state index contributed by atoms with van der Waals surface area (Å²) in [5.74, 6) is 0. The van der Waals surface area contributed by atoms with Gasteiger partial charge in [-0.2, -0.15) is 13.5 Å². The van der Waals surface area contributed by atoms with Gasteiger partial charge in [-0.15, -0.1) is 0 Å². The summed E-state index contributed by atoms with van der Waals surface area (Å²) >= 11 is 0. The van der Waals surface area contributed by atoms with E-state index in [9.17, 15) is 0 Å². The standard InChI is InChI=1S/K.Mg.Na.H2S.4H/h;;;1H2;;;;/q+1;+2;+1;;4*-1. The summed E-state index contributed by atoms with van der Waals surface area (Å²) in [5.41, 5.74) is 0. The van der Waals surface area contributed by atoms with Crippen LogP contribution in [0.1, 0.15) is 5.71 Å². The molecule has 0 amide bonds. The molecule has 0 aliphatic rings. The zero-order chi connectivity index (χ0) is 0. The molecule has 0 heterocycles. The van der Waals surface area contributed by atoms with Gasteiger partial charge >= 0.3 is 104 Å². The van der Waals surface area contributed by atoms with Gasteiger partial charge in [-0.3, -0.25) is 0 Å². The first kappa shape index (κ1) is 25.1. The van der Waals surface area contributed by atoms with E-state index >= 15 is 0 Å². The van der Waals surface area contributed by atoms with Crippen molar-refractivity contribution in [2.75, 3.05) is 0 Å². The van der Waals surface area contributed by atoms with Crippen molar-refractivity contribution < 1.29 is 86.6 Å². The van der Waals surface area contributed by atoms with E-state index in [-0.39, 0.29) is 123 Å². The molecular formula is H6KMgNaS. The zero-order valence-corrected chi connectivity index (χ0v) is 10.7. The van der Waals surface area contributed by atoms with E-state index in [2.05, 4.69) is 0 Å². The van der Waals surface area contributed by atoms with Gasteiger partial charge in [0.05, 0.1) is 0 Å². The van der Waals surface area contributed by atoms with Crippen LogP contribution in [0.2, 0.25) is 0 Å². The Labute approximate surface area is 120 Å². The topological polar surface area (TPSA) is 0 Å². The monoisotopic (exact) mass is 124 g/mol. The van der Waals surface area contributed by atoms with Crippen molar-refractivity contribution in [3.63, 3.8) is 0 Å². The smallest absolute Gasteiger partial charge is 1.00 e. The maximum Gasteiger partial charge on any atom is 2.00 e. The molecular weight excluding hydrogens is 118 g/mol. The molecule has 0 aliphatic heterocycles. The molecule has 0 radical (unpaired) electrons. The predicted octanol–water partition coefficient (Wildman–Crippen LogP) is -5.81. The Morgan fingerprint density at radius 2 is 1.25 bits per heavy atom. The fourth-order valence-corrected chi connectivity index (χ4v) is 0. The predicted molar refractivity (Wildman–Crippen MR) is 20.6 cm³/mol. The van der Waals surface area contributed by atoms with Crippen molar-refractivity contribution >= 4 is 36.5 Å². The Hall–Kier alpha value is 3.75. The summed E-state index contributed by atoms with van der Waals surface area (Å²) in [5, 5.41) is 0. The molecule has 0 aromatic carbocycles. The van der Waals surface area contributed by atoms with Gasteiger partial charge in [0.25, 0.3) is 0 Å². The van der Waals surface area contributed by atoms with Gasteiger partial charge in [-0.25, -0.2) is 0 Å². The van der Waals surface area contributed by atoms with Gasteiger partial charge < -0.3 is 5.71 Å². The van der Waals surface area contributed by atoms with Crippen LogP contribution in [0.25, 0.3) is 0 Å².